The van der Waals surface area contributed by atoms with Crippen LogP contribution in [-0.4, -0.2) is 48.8 Å². The minimum absolute atomic E-state index is 0.0643. The molecule has 3 N–H and O–H groups in total. The number of nitrogens with two attached hydrogens (primary N) is 1. The Bertz CT molecular complexity index is 837. The standard InChI is InChI=1S/C18H21N3O5/c1-10(2)26-15-6-13-11(5-14(15)17(19)23)3-4-20-18(13)25-8-12-7-24-9-16(22)21-12/h3-6,10,12H,7-9H2,1-2H3,(H2,19,23)(H,21,22). The number of benzene rings is 1. The first kappa shape index (κ1) is 17.9. The molecule has 1 aromatic heterocycles. The van der Waals surface area contributed by atoms with Crippen LogP contribution in [0.3, 0.4) is 0 Å². The number of morpholine rings is 1. The molecule has 3 rings (SSSR count). The average Bonchev–Trinajstić information content (AvgIpc) is 2.59. The topological polar surface area (TPSA) is 113 Å². The van der Waals surface area contributed by atoms with Crippen LogP contribution in [-0.2, 0) is 9.53 Å². The third-order valence-corrected chi connectivity index (χ3v) is 3.79. The van der Waals surface area contributed by atoms with Gasteiger partial charge in [-0.1, -0.05) is 0 Å². The van der Waals surface area contributed by atoms with Crippen LogP contribution in [0.15, 0.2) is 24.4 Å². The predicted octanol–water partition coefficient (Wildman–Crippen LogP) is 1.01. The van der Waals surface area contributed by atoms with E-state index >= 15 is 0 Å². The first-order chi connectivity index (χ1) is 12.4. The van der Waals surface area contributed by atoms with E-state index in [2.05, 4.69) is 10.3 Å². The van der Waals surface area contributed by atoms with Gasteiger partial charge in [0, 0.05) is 11.6 Å². The van der Waals surface area contributed by atoms with Crippen molar-refractivity contribution in [1.82, 2.24) is 10.3 Å². The lowest BCUT2D eigenvalue weighted by Gasteiger charge is -2.23. The smallest absolute Gasteiger partial charge is 0.252 e. The van der Waals surface area contributed by atoms with Crippen molar-refractivity contribution < 1.29 is 23.8 Å². The van der Waals surface area contributed by atoms with E-state index in [0.29, 0.717) is 29.2 Å². The Kier molecular flexibility index (Phi) is 5.22. The van der Waals surface area contributed by atoms with Crippen LogP contribution < -0.4 is 20.5 Å². The van der Waals surface area contributed by atoms with E-state index in [1.54, 1.807) is 24.4 Å². The molecule has 138 valence electrons. The molecule has 2 heterocycles. The number of hydrogen-bond acceptors (Lipinski definition) is 6. The van der Waals surface area contributed by atoms with E-state index in [1.807, 2.05) is 13.8 Å². The number of ether oxygens (including phenoxy) is 3. The van der Waals surface area contributed by atoms with Gasteiger partial charge in [0.2, 0.25) is 11.8 Å². The summed E-state index contributed by atoms with van der Waals surface area (Å²) < 4.78 is 16.7. The highest BCUT2D eigenvalue weighted by atomic mass is 16.5. The maximum absolute atomic E-state index is 11.7. The van der Waals surface area contributed by atoms with Gasteiger partial charge in [-0.3, -0.25) is 9.59 Å². The Morgan fingerprint density at radius 3 is 2.96 bits per heavy atom. The molecule has 0 spiro atoms. The van der Waals surface area contributed by atoms with E-state index in [-0.39, 0.29) is 31.3 Å². The van der Waals surface area contributed by atoms with Crippen LogP contribution in [0.5, 0.6) is 11.6 Å². The number of nitrogens with one attached hydrogen (secondary N) is 1. The fourth-order valence-corrected chi connectivity index (χ4v) is 2.71. The Balaban J connectivity index is 1.90. The molecular formula is C18H21N3O5. The maximum Gasteiger partial charge on any atom is 0.252 e. The molecule has 1 aromatic carbocycles. The summed E-state index contributed by atoms with van der Waals surface area (Å²) in [6.07, 6.45) is 1.46. The third-order valence-electron chi connectivity index (χ3n) is 3.79. The number of rotatable bonds is 6. The van der Waals surface area contributed by atoms with Gasteiger partial charge in [-0.2, -0.15) is 0 Å². The first-order valence-corrected chi connectivity index (χ1v) is 8.33. The fraction of sp³-hybridized carbons (Fsp3) is 0.389. The van der Waals surface area contributed by atoms with Gasteiger partial charge in [0.15, 0.2) is 0 Å². The number of hydrogen-bond donors (Lipinski definition) is 2. The zero-order chi connectivity index (χ0) is 18.7. The highest BCUT2D eigenvalue weighted by molar-refractivity contribution is 6.01. The highest BCUT2D eigenvalue weighted by Gasteiger charge is 2.20. The minimum Gasteiger partial charge on any atom is -0.490 e. The molecule has 8 nitrogen and oxygen atoms in total. The van der Waals surface area contributed by atoms with Crippen molar-refractivity contribution in [3.63, 3.8) is 0 Å². The van der Waals surface area contributed by atoms with Gasteiger partial charge in [0.1, 0.15) is 19.0 Å². The SMILES string of the molecule is CC(C)Oc1cc2c(OCC3COCC(=O)N3)nccc2cc1C(N)=O. The Morgan fingerprint density at radius 1 is 1.46 bits per heavy atom. The second-order valence-corrected chi connectivity index (χ2v) is 6.31. The molecule has 26 heavy (non-hydrogen) atoms. The van der Waals surface area contributed by atoms with Crippen LogP contribution in [0.4, 0.5) is 0 Å². The van der Waals surface area contributed by atoms with Crippen molar-refractivity contribution in [3.05, 3.63) is 30.0 Å². The molecule has 2 amide bonds. The lowest BCUT2D eigenvalue weighted by molar-refractivity contribution is -0.131. The van der Waals surface area contributed by atoms with Crippen molar-refractivity contribution in [2.24, 2.45) is 5.73 Å². The summed E-state index contributed by atoms with van der Waals surface area (Å²) in [5, 5.41) is 4.24. The zero-order valence-electron chi connectivity index (χ0n) is 14.7. The second-order valence-electron chi connectivity index (χ2n) is 6.31. The molecule has 1 aliphatic rings. The van der Waals surface area contributed by atoms with Crippen molar-refractivity contribution in [3.8, 4) is 11.6 Å². The van der Waals surface area contributed by atoms with Gasteiger partial charge in [-0.25, -0.2) is 4.98 Å². The van der Waals surface area contributed by atoms with Crippen LogP contribution in [0.25, 0.3) is 10.8 Å². The summed E-state index contributed by atoms with van der Waals surface area (Å²) in [5.74, 6) is 0.0254. The molecule has 0 aliphatic carbocycles. The average molecular weight is 359 g/mol. The van der Waals surface area contributed by atoms with Crippen molar-refractivity contribution in [2.45, 2.75) is 26.0 Å². The molecule has 2 aromatic rings. The van der Waals surface area contributed by atoms with E-state index in [0.717, 1.165) is 5.39 Å². The van der Waals surface area contributed by atoms with E-state index in [9.17, 15) is 9.59 Å². The summed E-state index contributed by atoms with van der Waals surface area (Å²) in [6, 6.07) is 4.88. The van der Waals surface area contributed by atoms with Crippen LogP contribution in [0, 0.1) is 0 Å². The second kappa shape index (κ2) is 7.57. The predicted molar refractivity (Wildman–Crippen MR) is 94.3 cm³/mol. The third kappa shape index (κ3) is 4.02. The zero-order valence-corrected chi connectivity index (χ0v) is 14.7. The lowest BCUT2D eigenvalue weighted by Crippen LogP contribution is -2.48. The molecule has 1 unspecified atom stereocenters. The van der Waals surface area contributed by atoms with E-state index < -0.39 is 5.91 Å². The van der Waals surface area contributed by atoms with Gasteiger partial charge in [-0.05, 0) is 37.4 Å². The van der Waals surface area contributed by atoms with Gasteiger partial charge >= 0.3 is 0 Å². The van der Waals surface area contributed by atoms with Crippen LogP contribution in [0.1, 0.15) is 24.2 Å². The summed E-state index contributed by atoms with van der Waals surface area (Å²) >= 11 is 0. The van der Waals surface area contributed by atoms with Crippen LogP contribution in [0.2, 0.25) is 0 Å². The Labute approximate surface area is 150 Å². The number of carbonyl (C=O) groups is 2. The van der Waals surface area contributed by atoms with Crippen molar-refractivity contribution in [2.75, 3.05) is 19.8 Å². The number of carbonyl (C=O) groups excluding carboxylic acids is 2. The van der Waals surface area contributed by atoms with Gasteiger partial charge in [-0.15, -0.1) is 0 Å². The number of nitrogens with zero attached hydrogens (tertiary/aromatic N) is 1. The lowest BCUT2D eigenvalue weighted by atomic mass is 10.1. The number of pyridine rings is 1. The number of fused-ring (bicyclic) bond motifs is 1. The monoisotopic (exact) mass is 359 g/mol. The van der Waals surface area contributed by atoms with E-state index in [1.165, 1.54) is 0 Å². The fourth-order valence-electron chi connectivity index (χ4n) is 2.71. The van der Waals surface area contributed by atoms with Crippen molar-refractivity contribution >= 4 is 22.6 Å². The molecule has 1 fully saturated rings. The molecule has 1 aliphatic heterocycles. The first-order valence-electron chi connectivity index (χ1n) is 8.33. The molecule has 1 saturated heterocycles. The number of primary amides is 1. The normalized spacial score (nSPS) is 17.2. The van der Waals surface area contributed by atoms with E-state index in [4.69, 9.17) is 19.9 Å². The van der Waals surface area contributed by atoms with Gasteiger partial charge in [0.25, 0.3) is 5.91 Å². The molecule has 0 bridgehead atoms. The van der Waals surface area contributed by atoms with Gasteiger partial charge in [0.05, 0.1) is 24.3 Å². The molecule has 8 heteroatoms. The molecule has 0 saturated carbocycles. The molecule has 0 radical (unpaired) electrons. The summed E-state index contributed by atoms with van der Waals surface area (Å²) in [6.45, 7) is 4.39. The molecular weight excluding hydrogens is 338 g/mol. The highest BCUT2D eigenvalue weighted by Crippen LogP contribution is 2.31. The quantitative estimate of drug-likeness (QED) is 0.796. The summed E-state index contributed by atoms with van der Waals surface area (Å²) in [7, 11) is 0. The summed E-state index contributed by atoms with van der Waals surface area (Å²) in [4.78, 5) is 27.4. The largest absolute Gasteiger partial charge is 0.490 e. The summed E-state index contributed by atoms with van der Waals surface area (Å²) in [5.41, 5.74) is 5.77. The van der Waals surface area contributed by atoms with Crippen LogP contribution >= 0.6 is 0 Å². The minimum atomic E-state index is -0.566. The van der Waals surface area contributed by atoms with Gasteiger partial charge < -0.3 is 25.3 Å². The maximum atomic E-state index is 11.7. The van der Waals surface area contributed by atoms with Crippen molar-refractivity contribution in [1.29, 1.82) is 0 Å². The number of amides is 2. The number of aromatic nitrogens is 1. The Morgan fingerprint density at radius 2 is 2.27 bits per heavy atom. The molecule has 1 atom stereocenters. The Hall–Kier alpha value is -2.87.